The Morgan fingerprint density at radius 1 is 0.653 bits per heavy atom. The Balaban J connectivity index is 3.91. The molecular weight excluding hydrogens is 745 g/mol. The third-order valence-electron chi connectivity index (χ3n) is 7.89. The van der Waals surface area contributed by atoms with Gasteiger partial charge in [0.15, 0.2) is 0 Å². The summed E-state index contributed by atoms with van der Waals surface area (Å²) >= 11 is 8.42. The van der Waals surface area contributed by atoms with E-state index in [1.165, 1.54) is 66.5 Å². The average Bonchev–Trinajstić information content (AvgIpc) is 3.05. The van der Waals surface area contributed by atoms with Crippen molar-refractivity contribution in [2.75, 3.05) is 11.6 Å². The maximum absolute atomic E-state index is 12.4. The van der Waals surface area contributed by atoms with Crippen LogP contribution in [0.15, 0.2) is 0 Å². The molecule has 3 atom stereocenters. The number of ketones is 1. The summed E-state index contributed by atoms with van der Waals surface area (Å²) < 4.78 is -0.339. The van der Waals surface area contributed by atoms with E-state index in [0.29, 0.717) is 32.2 Å². The highest BCUT2D eigenvalue weighted by Gasteiger charge is 2.22. The summed E-state index contributed by atoms with van der Waals surface area (Å²) in [4.78, 5) is 58.5. The number of thiol groups is 2. The van der Waals surface area contributed by atoms with Crippen molar-refractivity contribution in [2.24, 2.45) is 5.92 Å². The van der Waals surface area contributed by atoms with Gasteiger partial charge in [-0.2, -0.15) is 12.6 Å². The smallest absolute Gasteiger partial charge is 0.320 e. The van der Waals surface area contributed by atoms with Crippen LogP contribution < -0.4 is 10.6 Å². The van der Waals surface area contributed by atoms with Crippen LogP contribution in [0.5, 0.6) is 0 Å². The van der Waals surface area contributed by atoms with E-state index in [4.69, 9.17) is 5.11 Å². The summed E-state index contributed by atoms with van der Waals surface area (Å²) in [5, 5.41) is 36.0. The van der Waals surface area contributed by atoms with Gasteiger partial charge in [0.25, 0.3) is 0 Å². The van der Waals surface area contributed by atoms with Crippen molar-refractivity contribution in [2.45, 2.75) is 152 Å². The molecule has 0 aliphatic carbocycles. The second kappa shape index (κ2) is 34.7. The molecule has 16 heteroatoms. The number of hydrogen-bond acceptors (Lipinski definition) is 12. The van der Waals surface area contributed by atoms with Gasteiger partial charge in [0, 0.05) is 32.2 Å². The minimum absolute atomic E-state index is 0.0250. The van der Waals surface area contributed by atoms with Crippen LogP contribution in [0.25, 0.3) is 0 Å². The first kappa shape index (κ1) is 48.6. The van der Waals surface area contributed by atoms with E-state index in [0.717, 1.165) is 50.0 Å². The van der Waals surface area contributed by atoms with Gasteiger partial charge >= 0.3 is 17.9 Å². The molecule has 0 saturated carbocycles. The fourth-order valence-electron chi connectivity index (χ4n) is 5.15. The molecule has 0 heterocycles. The SMILES string of the molecule is O=C(O)CCCCCCCCCCCCCCCCC(=O)C[C@@H](CCC(=O)NCCCC[C@H](NC(S)SSCSS[CH]S)C(=O)O)C(=O)O. The maximum atomic E-state index is 12.4. The number of amides is 1. The van der Waals surface area contributed by atoms with E-state index < -0.39 is 29.9 Å². The second-order valence-electron chi connectivity index (χ2n) is 12.1. The molecule has 0 aliphatic heterocycles. The van der Waals surface area contributed by atoms with Crippen molar-refractivity contribution in [1.29, 1.82) is 0 Å². The van der Waals surface area contributed by atoms with Crippen LogP contribution in [0.2, 0.25) is 0 Å². The number of aliphatic carboxylic acids is 3. The molecule has 1 amide bonds. The highest BCUT2D eigenvalue weighted by Crippen LogP contribution is 2.36. The molecule has 1 unspecified atom stereocenters. The largest absolute Gasteiger partial charge is 0.481 e. The number of unbranched alkanes of at least 4 members (excludes halogenated alkanes) is 14. The van der Waals surface area contributed by atoms with Crippen molar-refractivity contribution in [3.05, 3.63) is 5.08 Å². The molecule has 0 aromatic rings. The molecule has 1 radical (unpaired) electrons. The van der Waals surface area contributed by atoms with Gasteiger partial charge in [-0.15, -0.1) is 12.6 Å². The highest BCUT2D eigenvalue weighted by molar-refractivity contribution is 8.86. The second-order valence-corrected chi connectivity index (χ2v) is 18.6. The molecule has 0 aromatic carbocycles. The first-order chi connectivity index (χ1) is 23.6. The summed E-state index contributed by atoms with van der Waals surface area (Å²) in [5.74, 6) is -3.93. The lowest BCUT2D eigenvalue weighted by Crippen LogP contribution is -2.39. The van der Waals surface area contributed by atoms with Gasteiger partial charge in [-0.05, 0) is 38.5 Å². The van der Waals surface area contributed by atoms with Crippen LogP contribution in [0.4, 0.5) is 0 Å². The quantitative estimate of drug-likeness (QED) is 0.0138. The summed E-state index contributed by atoms with van der Waals surface area (Å²) in [6.45, 7) is 0.368. The summed E-state index contributed by atoms with van der Waals surface area (Å²) in [7, 11) is 6.17. The van der Waals surface area contributed by atoms with E-state index in [2.05, 4.69) is 35.9 Å². The first-order valence-electron chi connectivity index (χ1n) is 17.5. The van der Waals surface area contributed by atoms with Crippen molar-refractivity contribution in [3.63, 3.8) is 0 Å². The number of nitrogens with one attached hydrogen (secondary N) is 2. The van der Waals surface area contributed by atoms with Crippen LogP contribution in [0, 0.1) is 11.0 Å². The molecule has 0 rings (SSSR count). The Labute approximate surface area is 320 Å². The number of carbonyl (C=O) groups is 5. The Bertz CT molecular complexity index is 905. The van der Waals surface area contributed by atoms with Crippen molar-refractivity contribution in [1.82, 2.24) is 10.6 Å². The van der Waals surface area contributed by atoms with E-state index in [-0.39, 0.29) is 42.1 Å². The molecule has 0 bridgehead atoms. The lowest BCUT2D eigenvalue weighted by Gasteiger charge is -2.18. The van der Waals surface area contributed by atoms with Crippen LogP contribution in [-0.2, 0) is 24.0 Å². The zero-order valence-corrected chi connectivity index (χ0v) is 33.7. The summed E-state index contributed by atoms with van der Waals surface area (Å²) in [6, 6.07) is -0.750. The van der Waals surface area contributed by atoms with Gasteiger partial charge in [0.2, 0.25) is 5.91 Å². The zero-order chi connectivity index (χ0) is 36.5. The molecule has 285 valence electrons. The van der Waals surface area contributed by atoms with Crippen molar-refractivity contribution >= 4 is 98.0 Å². The van der Waals surface area contributed by atoms with Gasteiger partial charge in [-0.25, -0.2) is 0 Å². The summed E-state index contributed by atoms with van der Waals surface area (Å²) in [6.07, 6.45) is 17.7. The standard InChI is InChI=1S/C33H59N2O8S6/c36-27(17-13-11-9-7-5-3-1-2-4-6-8-10-12-14-19-30(38)39)23-26(31(40)41)20-21-29(37)34-22-16-15-18-28(32(42)43)35-33(45)49-48-25-47-46-24-44/h24,26,28,33,35,44-45H,1-23,25H2,(H,34,37)(H,38,39)(H,40,41)(H,42,43)/t26-,28+,33?/m1/s1. The van der Waals surface area contributed by atoms with Crippen LogP contribution in [-0.4, -0.2) is 67.3 Å². The van der Waals surface area contributed by atoms with Crippen LogP contribution in [0.3, 0.4) is 0 Å². The third-order valence-corrected chi connectivity index (χ3v) is 14.4. The monoisotopic (exact) mass is 803 g/mol. The minimum Gasteiger partial charge on any atom is -0.481 e. The highest BCUT2D eigenvalue weighted by atomic mass is 33.1. The van der Waals surface area contributed by atoms with E-state index in [9.17, 15) is 34.2 Å². The fourth-order valence-corrected chi connectivity index (χ4v) is 10.6. The van der Waals surface area contributed by atoms with Gasteiger partial charge < -0.3 is 20.6 Å². The fraction of sp³-hybridized carbons (Fsp3) is 0.818. The number of rotatable bonds is 37. The Hall–Kier alpha value is -0.390. The van der Waals surface area contributed by atoms with Crippen molar-refractivity contribution < 1.29 is 39.3 Å². The van der Waals surface area contributed by atoms with Crippen LogP contribution >= 0.6 is 68.4 Å². The molecule has 5 N–H and O–H groups in total. The number of hydrogen-bond donors (Lipinski definition) is 7. The zero-order valence-electron chi connectivity index (χ0n) is 28.7. The number of Topliss-reactive ketones (excluding diaryl/α,β-unsaturated/α-hetero) is 1. The van der Waals surface area contributed by atoms with E-state index in [1.54, 1.807) is 26.7 Å². The summed E-state index contributed by atoms with van der Waals surface area (Å²) in [5.41, 5.74) is 0. The minimum atomic E-state index is -1.06. The molecule has 0 spiro atoms. The van der Waals surface area contributed by atoms with Crippen molar-refractivity contribution in [3.8, 4) is 0 Å². The Kier molecular flexibility index (Phi) is 34.4. The van der Waals surface area contributed by atoms with Crippen LogP contribution in [0.1, 0.15) is 141 Å². The first-order valence-corrected chi connectivity index (χ1v) is 23.3. The number of carboxylic acid groups (broad SMARTS) is 3. The number of carbonyl (C=O) groups excluding carboxylic acids is 2. The molecular formula is C33H59N2O8S6. The van der Waals surface area contributed by atoms with Gasteiger partial charge in [0.1, 0.15) is 16.5 Å². The lowest BCUT2D eigenvalue weighted by molar-refractivity contribution is -0.144. The maximum Gasteiger partial charge on any atom is 0.320 e. The lowest BCUT2D eigenvalue weighted by atomic mass is 9.94. The van der Waals surface area contributed by atoms with E-state index >= 15 is 0 Å². The molecule has 0 saturated heterocycles. The predicted molar refractivity (Wildman–Crippen MR) is 214 cm³/mol. The third kappa shape index (κ3) is 33.2. The molecule has 49 heavy (non-hydrogen) atoms. The van der Waals surface area contributed by atoms with Gasteiger partial charge in [0.05, 0.1) is 16.1 Å². The average molecular weight is 804 g/mol. The molecule has 10 nitrogen and oxygen atoms in total. The molecule has 0 aliphatic rings. The van der Waals surface area contributed by atoms with E-state index in [1.807, 2.05) is 0 Å². The normalized spacial score (nSPS) is 13.1. The molecule has 0 fully saturated rings. The topological polar surface area (TPSA) is 170 Å². The predicted octanol–water partition coefficient (Wildman–Crippen LogP) is 9.06. The molecule has 0 aromatic heterocycles. The number of carboxylic acids is 3. The Morgan fingerprint density at radius 2 is 1.20 bits per heavy atom. The van der Waals surface area contributed by atoms with Gasteiger partial charge in [-0.3, -0.25) is 29.3 Å². The Morgan fingerprint density at radius 3 is 1.71 bits per heavy atom. The van der Waals surface area contributed by atoms with Gasteiger partial charge in [-0.1, -0.05) is 120 Å².